The molecule has 150 valence electrons. The quantitative estimate of drug-likeness (QED) is 0.834. The Morgan fingerprint density at radius 3 is 2.48 bits per heavy atom. The Morgan fingerprint density at radius 2 is 1.76 bits per heavy atom. The molecule has 0 fully saturated rings. The first kappa shape index (κ1) is 19.2. The maximum absolute atomic E-state index is 13.2. The number of methoxy groups -OCH3 is 1. The molecule has 0 bridgehead atoms. The zero-order valence-corrected chi connectivity index (χ0v) is 16.7. The van der Waals surface area contributed by atoms with Gasteiger partial charge in [0.1, 0.15) is 0 Å². The number of carbonyl (C=O) groups excluding carboxylic acids is 2. The second kappa shape index (κ2) is 8.11. The van der Waals surface area contributed by atoms with Crippen molar-refractivity contribution in [1.29, 1.82) is 0 Å². The zero-order chi connectivity index (χ0) is 20.4. The van der Waals surface area contributed by atoms with Gasteiger partial charge >= 0.3 is 0 Å². The molecule has 1 aliphatic heterocycles. The van der Waals surface area contributed by atoms with E-state index in [-0.39, 0.29) is 29.9 Å². The molecule has 1 aliphatic carbocycles. The molecule has 2 unspecified atom stereocenters. The molecule has 5 nitrogen and oxygen atoms in total. The van der Waals surface area contributed by atoms with Crippen LogP contribution in [0.4, 0.5) is 0 Å². The van der Waals surface area contributed by atoms with Crippen LogP contribution in [0.2, 0.25) is 0 Å². The number of ketones is 1. The van der Waals surface area contributed by atoms with Gasteiger partial charge in [0.2, 0.25) is 5.91 Å². The fourth-order valence-corrected chi connectivity index (χ4v) is 4.38. The first-order valence-electron chi connectivity index (χ1n) is 10.0. The van der Waals surface area contributed by atoms with Gasteiger partial charge in [-0.25, -0.2) is 0 Å². The molecule has 5 heteroatoms. The number of hydrogen-bond donors (Lipinski definition) is 1. The summed E-state index contributed by atoms with van der Waals surface area (Å²) in [5, 5.41) is 2.97. The summed E-state index contributed by atoms with van der Waals surface area (Å²) in [5.41, 5.74) is 3.54. The van der Waals surface area contributed by atoms with Crippen molar-refractivity contribution >= 4 is 11.7 Å². The topological polar surface area (TPSA) is 64.6 Å². The number of hydrogen-bond acceptors (Lipinski definition) is 4. The summed E-state index contributed by atoms with van der Waals surface area (Å²) in [7, 11) is 1.59. The van der Waals surface area contributed by atoms with Gasteiger partial charge in [-0.05, 0) is 42.5 Å². The second-order valence-electron chi connectivity index (χ2n) is 7.48. The third kappa shape index (κ3) is 3.77. The van der Waals surface area contributed by atoms with Crippen molar-refractivity contribution in [2.24, 2.45) is 0 Å². The van der Waals surface area contributed by atoms with Crippen LogP contribution < -0.4 is 14.8 Å². The average Bonchev–Trinajstić information content (AvgIpc) is 2.74. The van der Waals surface area contributed by atoms with E-state index in [0.29, 0.717) is 30.9 Å². The van der Waals surface area contributed by atoms with Crippen molar-refractivity contribution < 1.29 is 19.1 Å². The van der Waals surface area contributed by atoms with Crippen LogP contribution >= 0.6 is 0 Å². The van der Waals surface area contributed by atoms with Crippen LogP contribution in [-0.2, 0) is 9.59 Å². The van der Waals surface area contributed by atoms with Gasteiger partial charge < -0.3 is 14.8 Å². The normalized spacial score (nSPS) is 21.4. The van der Waals surface area contributed by atoms with E-state index >= 15 is 0 Å². The number of amides is 1. The number of ether oxygens (including phenoxy) is 2. The molecule has 1 heterocycles. The molecule has 0 saturated heterocycles. The summed E-state index contributed by atoms with van der Waals surface area (Å²) >= 11 is 0. The van der Waals surface area contributed by atoms with Crippen LogP contribution in [-0.4, -0.2) is 25.4 Å². The maximum Gasteiger partial charge on any atom is 0.225 e. The minimum absolute atomic E-state index is 0.0527. The van der Waals surface area contributed by atoms with Gasteiger partial charge in [-0.1, -0.05) is 36.4 Å². The number of rotatable bonds is 5. The smallest absolute Gasteiger partial charge is 0.225 e. The van der Waals surface area contributed by atoms with Crippen molar-refractivity contribution in [3.8, 4) is 11.5 Å². The Morgan fingerprint density at radius 1 is 0.966 bits per heavy atom. The van der Waals surface area contributed by atoms with Crippen LogP contribution in [0, 0.1) is 0 Å². The average molecular weight is 391 g/mol. The highest BCUT2D eigenvalue weighted by Crippen LogP contribution is 2.43. The Hall–Kier alpha value is -3.08. The molecule has 4 rings (SSSR count). The second-order valence-corrected chi connectivity index (χ2v) is 7.48. The van der Waals surface area contributed by atoms with Gasteiger partial charge in [0.15, 0.2) is 17.3 Å². The Balaban J connectivity index is 1.70. The molecule has 0 radical (unpaired) electrons. The van der Waals surface area contributed by atoms with Crippen molar-refractivity contribution in [2.75, 3.05) is 13.7 Å². The molecule has 29 heavy (non-hydrogen) atoms. The fraction of sp³-hybridized carbons (Fsp3) is 0.333. The van der Waals surface area contributed by atoms with Crippen LogP contribution in [0.3, 0.4) is 0 Å². The largest absolute Gasteiger partial charge is 0.493 e. The van der Waals surface area contributed by atoms with E-state index in [1.165, 1.54) is 0 Å². The van der Waals surface area contributed by atoms with Crippen LogP contribution in [0.1, 0.15) is 49.1 Å². The molecule has 2 atom stereocenters. The van der Waals surface area contributed by atoms with E-state index in [2.05, 4.69) is 5.32 Å². The summed E-state index contributed by atoms with van der Waals surface area (Å²) in [6.45, 7) is 2.45. The summed E-state index contributed by atoms with van der Waals surface area (Å²) < 4.78 is 11.1. The first-order chi connectivity index (χ1) is 14.1. The summed E-state index contributed by atoms with van der Waals surface area (Å²) in [4.78, 5) is 25.6. The van der Waals surface area contributed by atoms with Crippen LogP contribution in [0.5, 0.6) is 11.5 Å². The van der Waals surface area contributed by atoms with Crippen molar-refractivity contribution in [1.82, 2.24) is 5.32 Å². The molecular weight excluding hydrogens is 366 g/mol. The summed E-state index contributed by atoms with van der Waals surface area (Å²) in [6.07, 6.45) is 1.39. The van der Waals surface area contributed by atoms with Gasteiger partial charge in [-0.3, -0.25) is 9.59 Å². The number of benzene rings is 2. The summed E-state index contributed by atoms with van der Waals surface area (Å²) in [5.74, 6) is 1.17. The predicted octanol–water partition coefficient (Wildman–Crippen LogP) is 4.10. The standard InChI is InChI=1S/C24H25NO4/c1-3-29-21-10-9-16(13-22(21)28-2)18-14-23(27)25-19-11-17(12-20(26)24(18)19)15-7-5-4-6-8-15/h4-10,13,17-18H,3,11-12,14H2,1-2H3,(H,25,27). The molecule has 0 spiro atoms. The Labute approximate surface area is 170 Å². The number of nitrogens with one attached hydrogen (secondary N) is 1. The minimum atomic E-state index is -0.257. The highest BCUT2D eigenvalue weighted by atomic mass is 16.5. The van der Waals surface area contributed by atoms with E-state index in [4.69, 9.17) is 9.47 Å². The zero-order valence-electron chi connectivity index (χ0n) is 16.7. The number of allylic oxidation sites excluding steroid dienone is 2. The van der Waals surface area contributed by atoms with Gasteiger partial charge in [0.25, 0.3) is 0 Å². The lowest BCUT2D eigenvalue weighted by Crippen LogP contribution is -2.38. The van der Waals surface area contributed by atoms with E-state index in [0.717, 1.165) is 22.4 Å². The van der Waals surface area contributed by atoms with Gasteiger partial charge in [-0.15, -0.1) is 0 Å². The molecule has 2 aromatic rings. The van der Waals surface area contributed by atoms with Crippen molar-refractivity contribution in [2.45, 2.75) is 38.0 Å². The molecule has 0 saturated carbocycles. The van der Waals surface area contributed by atoms with Crippen LogP contribution in [0.25, 0.3) is 0 Å². The molecule has 2 aliphatic rings. The third-order valence-electron chi connectivity index (χ3n) is 5.70. The third-order valence-corrected chi connectivity index (χ3v) is 5.70. The molecular formula is C24H25NO4. The van der Waals surface area contributed by atoms with Crippen LogP contribution in [0.15, 0.2) is 59.8 Å². The predicted molar refractivity (Wildman–Crippen MR) is 110 cm³/mol. The molecule has 1 amide bonds. The van der Waals surface area contributed by atoms with Crippen molar-refractivity contribution in [3.05, 3.63) is 70.9 Å². The minimum Gasteiger partial charge on any atom is -0.493 e. The fourth-order valence-electron chi connectivity index (χ4n) is 4.38. The molecule has 1 N–H and O–H groups in total. The van der Waals surface area contributed by atoms with Gasteiger partial charge in [0, 0.05) is 30.0 Å². The van der Waals surface area contributed by atoms with E-state index in [1.54, 1.807) is 7.11 Å². The molecule has 2 aromatic carbocycles. The first-order valence-corrected chi connectivity index (χ1v) is 10.0. The monoisotopic (exact) mass is 391 g/mol. The number of Topliss-reactive ketones (excluding diaryl/α,β-unsaturated/α-hetero) is 1. The Bertz CT molecular complexity index is 964. The maximum atomic E-state index is 13.2. The lowest BCUT2D eigenvalue weighted by atomic mass is 9.73. The highest BCUT2D eigenvalue weighted by Gasteiger charge is 2.38. The number of carbonyl (C=O) groups is 2. The SMILES string of the molecule is CCOc1ccc(C2CC(=O)NC3=C2C(=O)CC(c2ccccc2)C3)cc1OC. The lowest BCUT2D eigenvalue weighted by Gasteiger charge is -2.34. The van der Waals surface area contributed by atoms with Gasteiger partial charge in [0.05, 0.1) is 13.7 Å². The van der Waals surface area contributed by atoms with E-state index in [1.807, 2.05) is 55.5 Å². The Kier molecular flexibility index (Phi) is 5.38. The van der Waals surface area contributed by atoms with E-state index < -0.39 is 0 Å². The lowest BCUT2D eigenvalue weighted by molar-refractivity contribution is -0.122. The molecule has 0 aromatic heterocycles. The summed E-state index contributed by atoms with van der Waals surface area (Å²) in [6, 6.07) is 15.7. The van der Waals surface area contributed by atoms with Crippen molar-refractivity contribution in [3.63, 3.8) is 0 Å². The van der Waals surface area contributed by atoms with E-state index in [9.17, 15) is 9.59 Å². The van der Waals surface area contributed by atoms with Gasteiger partial charge in [-0.2, -0.15) is 0 Å². The highest BCUT2D eigenvalue weighted by molar-refractivity contribution is 6.02.